The third-order valence-corrected chi connectivity index (χ3v) is 3.06. The number of hydrogen-bond acceptors (Lipinski definition) is 2. The van der Waals surface area contributed by atoms with E-state index < -0.39 is 23.7 Å². The van der Waals surface area contributed by atoms with Crippen LogP contribution in [0.5, 0.6) is 5.75 Å². The number of ether oxygens (including phenoxy) is 1. The van der Waals surface area contributed by atoms with Gasteiger partial charge in [0.1, 0.15) is 18.3 Å². The summed E-state index contributed by atoms with van der Waals surface area (Å²) >= 11 is 10.3. The molecule has 1 aromatic carbocycles. The summed E-state index contributed by atoms with van der Waals surface area (Å²) in [6.07, 6.45) is -4.51. The zero-order valence-corrected chi connectivity index (χ0v) is 11.9. The first-order valence-electron chi connectivity index (χ1n) is 5.38. The van der Waals surface area contributed by atoms with Crippen molar-refractivity contribution in [3.05, 3.63) is 28.3 Å². The van der Waals surface area contributed by atoms with Crippen molar-refractivity contribution in [3.63, 3.8) is 0 Å². The molecule has 0 amide bonds. The molecule has 0 bridgehead atoms. The number of aryl methyl sites for hydroxylation is 2. The quantitative estimate of drug-likeness (QED) is 0.859. The first-order valence-corrected chi connectivity index (χ1v) is 6.17. The summed E-state index contributed by atoms with van der Waals surface area (Å²) in [5, 5.41) is 0.504. The number of hydrogen-bond donors (Lipinski definition) is 1. The van der Waals surface area contributed by atoms with Crippen LogP contribution < -0.4 is 10.5 Å². The van der Waals surface area contributed by atoms with E-state index in [1.165, 1.54) is 0 Å². The van der Waals surface area contributed by atoms with Crippen molar-refractivity contribution in [3.8, 4) is 5.75 Å². The lowest BCUT2D eigenvalue weighted by atomic mass is 10.1. The van der Waals surface area contributed by atoms with Gasteiger partial charge in [0.15, 0.2) is 0 Å². The Labute approximate surface area is 119 Å². The van der Waals surface area contributed by atoms with E-state index >= 15 is 0 Å². The summed E-state index contributed by atoms with van der Waals surface area (Å²) in [6.45, 7) is 2.78. The first kappa shape index (κ1) is 16.0. The van der Waals surface area contributed by atoms with Crippen molar-refractivity contribution in [2.75, 3.05) is 6.61 Å². The highest BCUT2D eigenvalue weighted by Gasteiger charge is 2.42. The van der Waals surface area contributed by atoms with E-state index in [-0.39, 0.29) is 0 Å². The van der Waals surface area contributed by atoms with Gasteiger partial charge >= 0.3 is 6.18 Å². The topological polar surface area (TPSA) is 35.2 Å². The van der Waals surface area contributed by atoms with Gasteiger partial charge in [0, 0.05) is 5.02 Å². The molecule has 0 aromatic heterocycles. The minimum absolute atomic E-state index is 0.370. The normalized spacial score (nSPS) is 13.2. The molecule has 1 rings (SSSR count). The summed E-state index contributed by atoms with van der Waals surface area (Å²) in [5.41, 5.74) is 6.42. The fourth-order valence-electron chi connectivity index (χ4n) is 1.63. The lowest BCUT2D eigenvalue weighted by molar-refractivity contribution is -0.161. The van der Waals surface area contributed by atoms with E-state index in [1.54, 1.807) is 26.0 Å². The minimum atomic E-state index is -4.51. The monoisotopic (exact) mass is 311 g/mol. The van der Waals surface area contributed by atoms with Crippen LogP contribution in [-0.2, 0) is 0 Å². The van der Waals surface area contributed by atoms with Crippen LogP contribution >= 0.6 is 23.8 Å². The fraction of sp³-hybridized carbons (Fsp3) is 0.417. The Kier molecular flexibility index (Phi) is 5.04. The van der Waals surface area contributed by atoms with E-state index in [0.717, 1.165) is 0 Å². The Hall–Kier alpha value is -1.01. The number of benzene rings is 1. The van der Waals surface area contributed by atoms with Crippen LogP contribution in [-0.4, -0.2) is 17.8 Å². The Morgan fingerprint density at radius 3 is 2.21 bits per heavy atom. The minimum Gasteiger partial charge on any atom is -0.492 e. The highest BCUT2D eigenvalue weighted by molar-refractivity contribution is 7.80. The van der Waals surface area contributed by atoms with Crippen LogP contribution in [0.15, 0.2) is 12.1 Å². The number of thiocarbonyl (C=S) groups is 1. The van der Waals surface area contributed by atoms with Crippen molar-refractivity contribution in [1.82, 2.24) is 0 Å². The molecule has 7 heteroatoms. The average Bonchev–Trinajstić information content (AvgIpc) is 2.18. The second-order valence-corrected chi connectivity index (χ2v) is 5.08. The summed E-state index contributed by atoms with van der Waals surface area (Å²) < 4.78 is 43.2. The molecule has 1 unspecified atom stereocenters. The second kappa shape index (κ2) is 5.96. The highest BCUT2D eigenvalue weighted by atomic mass is 35.5. The molecule has 0 spiro atoms. The SMILES string of the molecule is Cc1cc(Cl)cc(C)c1OCC(C(N)=S)C(F)(F)F. The molecule has 0 saturated carbocycles. The maximum absolute atomic E-state index is 12.7. The van der Waals surface area contributed by atoms with Crippen molar-refractivity contribution < 1.29 is 17.9 Å². The fourth-order valence-corrected chi connectivity index (χ4v) is 2.16. The lowest BCUT2D eigenvalue weighted by Gasteiger charge is -2.21. The lowest BCUT2D eigenvalue weighted by Crippen LogP contribution is -2.38. The standard InChI is InChI=1S/C12H13ClF3NOS/c1-6-3-8(13)4-7(2)10(6)18-5-9(11(17)19)12(14,15)16/h3-4,9H,5H2,1-2H3,(H2,17,19). The molecule has 0 saturated heterocycles. The molecule has 2 N–H and O–H groups in total. The Bertz CT molecular complexity index is 467. The number of alkyl halides is 3. The van der Waals surface area contributed by atoms with Gasteiger partial charge in [-0.25, -0.2) is 0 Å². The van der Waals surface area contributed by atoms with E-state index in [4.69, 9.17) is 22.1 Å². The predicted molar refractivity (Wildman–Crippen MR) is 72.8 cm³/mol. The molecule has 0 fully saturated rings. The molecule has 1 aromatic rings. The smallest absolute Gasteiger partial charge is 0.401 e. The molecule has 0 aliphatic heterocycles. The van der Waals surface area contributed by atoms with Crippen LogP contribution in [0.1, 0.15) is 11.1 Å². The first-order chi connectivity index (χ1) is 8.62. The third-order valence-electron chi connectivity index (χ3n) is 2.56. The number of nitrogens with two attached hydrogens (primary N) is 1. The zero-order chi connectivity index (χ0) is 14.8. The van der Waals surface area contributed by atoms with Crippen LogP contribution in [0, 0.1) is 19.8 Å². The second-order valence-electron chi connectivity index (χ2n) is 4.18. The molecule has 0 radical (unpaired) electrons. The van der Waals surface area contributed by atoms with Gasteiger partial charge in [0.25, 0.3) is 0 Å². The van der Waals surface area contributed by atoms with Gasteiger partial charge in [-0.05, 0) is 37.1 Å². The van der Waals surface area contributed by atoms with E-state index in [1.807, 2.05) is 0 Å². The molecule has 19 heavy (non-hydrogen) atoms. The van der Waals surface area contributed by atoms with Gasteiger partial charge in [0.2, 0.25) is 0 Å². The average molecular weight is 312 g/mol. The van der Waals surface area contributed by atoms with Crippen LogP contribution in [0.2, 0.25) is 5.02 Å². The molecular formula is C12H13ClF3NOS. The number of halogens is 4. The van der Waals surface area contributed by atoms with E-state index in [0.29, 0.717) is 21.9 Å². The van der Waals surface area contributed by atoms with E-state index in [9.17, 15) is 13.2 Å². The Balaban J connectivity index is 2.90. The van der Waals surface area contributed by atoms with Crippen molar-refractivity contribution >= 4 is 28.8 Å². The van der Waals surface area contributed by atoms with Crippen molar-refractivity contribution in [2.45, 2.75) is 20.0 Å². The largest absolute Gasteiger partial charge is 0.492 e. The Morgan fingerprint density at radius 2 is 1.84 bits per heavy atom. The van der Waals surface area contributed by atoms with Gasteiger partial charge in [-0.2, -0.15) is 13.2 Å². The highest BCUT2D eigenvalue weighted by Crippen LogP contribution is 2.31. The predicted octanol–water partition coefficient (Wildman–Crippen LogP) is 3.80. The summed E-state index contributed by atoms with van der Waals surface area (Å²) in [6, 6.07) is 3.24. The molecule has 0 aliphatic carbocycles. The van der Waals surface area contributed by atoms with Gasteiger partial charge in [-0.3, -0.25) is 0 Å². The molecule has 0 heterocycles. The van der Waals surface area contributed by atoms with Gasteiger partial charge in [-0.15, -0.1) is 0 Å². The molecule has 1 atom stereocenters. The van der Waals surface area contributed by atoms with Crippen molar-refractivity contribution in [1.29, 1.82) is 0 Å². The Morgan fingerprint density at radius 1 is 1.37 bits per heavy atom. The zero-order valence-electron chi connectivity index (χ0n) is 10.3. The summed E-state index contributed by atoms with van der Waals surface area (Å²) in [4.78, 5) is -0.628. The summed E-state index contributed by atoms with van der Waals surface area (Å²) in [5.74, 6) is -1.59. The van der Waals surface area contributed by atoms with Crippen LogP contribution in [0.3, 0.4) is 0 Å². The molecule has 106 valence electrons. The molecule has 2 nitrogen and oxygen atoms in total. The van der Waals surface area contributed by atoms with Crippen molar-refractivity contribution in [2.24, 2.45) is 11.7 Å². The van der Waals surface area contributed by atoms with Crippen LogP contribution in [0.25, 0.3) is 0 Å². The van der Waals surface area contributed by atoms with E-state index in [2.05, 4.69) is 12.2 Å². The third kappa shape index (κ3) is 4.24. The molecule has 0 aliphatic rings. The maximum Gasteiger partial charge on any atom is 0.401 e. The van der Waals surface area contributed by atoms with Gasteiger partial charge in [-0.1, -0.05) is 23.8 Å². The van der Waals surface area contributed by atoms with Crippen LogP contribution in [0.4, 0.5) is 13.2 Å². The molecular weight excluding hydrogens is 299 g/mol. The van der Waals surface area contributed by atoms with Gasteiger partial charge < -0.3 is 10.5 Å². The summed E-state index contributed by atoms with van der Waals surface area (Å²) in [7, 11) is 0. The van der Waals surface area contributed by atoms with Gasteiger partial charge in [0.05, 0.1) is 4.99 Å². The maximum atomic E-state index is 12.7. The number of rotatable bonds is 4.